The Morgan fingerprint density at radius 2 is 1.81 bits per heavy atom. The Morgan fingerprint density at radius 3 is 2.50 bits per heavy atom. The van der Waals surface area contributed by atoms with Gasteiger partial charge in [0.25, 0.3) is 5.56 Å². The second kappa shape index (κ2) is 7.18. The summed E-state index contributed by atoms with van der Waals surface area (Å²) >= 11 is 0. The fourth-order valence-corrected chi connectivity index (χ4v) is 2.64. The van der Waals surface area contributed by atoms with Crippen LogP contribution in [-0.4, -0.2) is 15.6 Å². The summed E-state index contributed by atoms with van der Waals surface area (Å²) in [6.07, 6.45) is 2.77. The summed E-state index contributed by atoms with van der Waals surface area (Å²) in [5.41, 5.74) is 2.41. The number of halogens is 1. The smallest absolute Gasteiger partial charge is 0.308 e. The molecule has 6 nitrogen and oxygen atoms in total. The highest BCUT2D eigenvalue weighted by Crippen LogP contribution is 2.14. The summed E-state index contributed by atoms with van der Waals surface area (Å²) in [4.78, 5) is 28.6. The number of aryl methyl sites for hydroxylation is 2. The lowest BCUT2D eigenvalue weighted by Crippen LogP contribution is -2.28. The molecule has 0 radical (unpaired) electrons. The van der Waals surface area contributed by atoms with Crippen LogP contribution >= 0.6 is 0 Å². The molecule has 0 aliphatic carbocycles. The highest BCUT2D eigenvalue weighted by molar-refractivity contribution is 5.99. The molecule has 1 heterocycles. The fraction of sp³-hybridized carbons (Fsp3) is 0.105. The third-order valence-corrected chi connectivity index (χ3v) is 3.64. The van der Waals surface area contributed by atoms with Gasteiger partial charge in [-0.15, -0.1) is 0 Å². The number of urea groups is 1. The molecule has 0 aliphatic heterocycles. The summed E-state index contributed by atoms with van der Waals surface area (Å²) in [5, 5.41) is 5.10. The first kappa shape index (κ1) is 17.3. The first-order valence-electron chi connectivity index (χ1n) is 7.92. The molecule has 0 bridgehead atoms. The standard InChI is InChI=1S/C19H17FN4O2/c1-12-8-13(2)10-15(9-12)22-19(26)23-17-18(25)24(7-6-21-17)16-5-3-4-14(20)11-16/h3-11H,1-2H3,(H2,21,22,23,26). The van der Waals surface area contributed by atoms with Crippen molar-refractivity contribution in [3.8, 4) is 5.69 Å². The molecule has 2 N–H and O–H groups in total. The molecule has 7 heteroatoms. The minimum atomic E-state index is -0.586. The quantitative estimate of drug-likeness (QED) is 0.756. The van der Waals surface area contributed by atoms with Gasteiger partial charge >= 0.3 is 6.03 Å². The molecule has 132 valence electrons. The highest BCUT2D eigenvalue weighted by Gasteiger charge is 2.11. The maximum Gasteiger partial charge on any atom is 0.325 e. The topological polar surface area (TPSA) is 76.0 Å². The predicted octanol–water partition coefficient (Wildman–Crippen LogP) is 3.63. The van der Waals surface area contributed by atoms with Gasteiger partial charge in [0, 0.05) is 18.1 Å². The number of hydrogen-bond acceptors (Lipinski definition) is 3. The minimum Gasteiger partial charge on any atom is -0.308 e. The van der Waals surface area contributed by atoms with E-state index in [0.29, 0.717) is 11.4 Å². The Balaban J connectivity index is 1.83. The zero-order valence-electron chi connectivity index (χ0n) is 14.3. The van der Waals surface area contributed by atoms with Crippen molar-refractivity contribution in [1.82, 2.24) is 9.55 Å². The Kier molecular flexibility index (Phi) is 4.79. The Morgan fingerprint density at radius 1 is 1.08 bits per heavy atom. The van der Waals surface area contributed by atoms with Crippen molar-refractivity contribution in [2.24, 2.45) is 0 Å². The molecule has 26 heavy (non-hydrogen) atoms. The molecule has 0 aliphatic rings. The summed E-state index contributed by atoms with van der Waals surface area (Å²) in [6, 6.07) is 10.6. The fourth-order valence-electron chi connectivity index (χ4n) is 2.64. The number of benzene rings is 2. The number of nitrogens with one attached hydrogen (secondary N) is 2. The minimum absolute atomic E-state index is 0.154. The van der Waals surface area contributed by atoms with Crippen LogP contribution in [0.1, 0.15) is 11.1 Å². The molecule has 2 aromatic carbocycles. The van der Waals surface area contributed by atoms with Crippen molar-refractivity contribution in [3.05, 3.63) is 82.2 Å². The number of rotatable bonds is 3. The molecule has 3 rings (SSSR count). The van der Waals surface area contributed by atoms with E-state index >= 15 is 0 Å². The van der Waals surface area contributed by atoms with Gasteiger partial charge in [0.15, 0.2) is 0 Å². The van der Waals surface area contributed by atoms with E-state index in [4.69, 9.17) is 0 Å². The molecule has 2 amide bonds. The van der Waals surface area contributed by atoms with Gasteiger partial charge in [-0.2, -0.15) is 0 Å². The van der Waals surface area contributed by atoms with E-state index in [2.05, 4.69) is 15.6 Å². The van der Waals surface area contributed by atoms with Crippen LogP contribution in [0.3, 0.4) is 0 Å². The molecule has 0 unspecified atom stereocenters. The van der Waals surface area contributed by atoms with Crippen LogP contribution < -0.4 is 16.2 Å². The molecule has 0 saturated carbocycles. The van der Waals surface area contributed by atoms with Gasteiger partial charge in [0.05, 0.1) is 5.69 Å². The van der Waals surface area contributed by atoms with Gasteiger partial charge < -0.3 is 5.32 Å². The zero-order valence-corrected chi connectivity index (χ0v) is 14.3. The lowest BCUT2D eigenvalue weighted by Gasteiger charge is -2.10. The summed E-state index contributed by atoms with van der Waals surface area (Å²) in [7, 11) is 0. The molecular formula is C19H17FN4O2. The zero-order chi connectivity index (χ0) is 18.7. The first-order chi connectivity index (χ1) is 12.4. The molecule has 3 aromatic rings. The van der Waals surface area contributed by atoms with Crippen LogP contribution in [0.4, 0.5) is 20.7 Å². The van der Waals surface area contributed by atoms with Gasteiger partial charge in [-0.05, 0) is 55.3 Å². The van der Waals surface area contributed by atoms with Crippen molar-refractivity contribution >= 4 is 17.5 Å². The Bertz CT molecular complexity index is 1010. The lowest BCUT2D eigenvalue weighted by atomic mass is 10.1. The summed E-state index contributed by atoms with van der Waals surface area (Å²) in [5.74, 6) is -0.619. The van der Waals surface area contributed by atoms with Crippen LogP contribution in [0.5, 0.6) is 0 Å². The third kappa shape index (κ3) is 3.94. The number of carbonyl (C=O) groups excluding carboxylic acids is 1. The van der Waals surface area contributed by atoms with E-state index in [1.807, 2.05) is 32.0 Å². The lowest BCUT2D eigenvalue weighted by molar-refractivity contribution is 0.262. The number of carbonyl (C=O) groups is 1. The summed E-state index contributed by atoms with van der Waals surface area (Å²) in [6.45, 7) is 3.85. The maximum atomic E-state index is 13.4. The van der Waals surface area contributed by atoms with Crippen LogP contribution in [0.25, 0.3) is 5.69 Å². The number of nitrogens with zero attached hydrogens (tertiary/aromatic N) is 2. The van der Waals surface area contributed by atoms with Gasteiger partial charge in [-0.1, -0.05) is 12.1 Å². The van der Waals surface area contributed by atoms with Crippen molar-refractivity contribution in [3.63, 3.8) is 0 Å². The van der Waals surface area contributed by atoms with Crippen molar-refractivity contribution < 1.29 is 9.18 Å². The normalized spacial score (nSPS) is 10.4. The predicted molar refractivity (Wildman–Crippen MR) is 98.3 cm³/mol. The highest BCUT2D eigenvalue weighted by atomic mass is 19.1. The molecule has 0 fully saturated rings. The van der Waals surface area contributed by atoms with Crippen molar-refractivity contribution in [1.29, 1.82) is 0 Å². The van der Waals surface area contributed by atoms with Gasteiger partial charge in [0.1, 0.15) is 5.82 Å². The van der Waals surface area contributed by atoms with E-state index in [-0.39, 0.29) is 5.82 Å². The third-order valence-electron chi connectivity index (χ3n) is 3.64. The molecule has 0 saturated heterocycles. The average Bonchev–Trinajstić information content (AvgIpc) is 2.55. The number of amides is 2. The van der Waals surface area contributed by atoms with Gasteiger partial charge in [0.2, 0.25) is 5.82 Å². The summed E-state index contributed by atoms with van der Waals surface area (Å²) < 4.78 is 14.6. The number of hydrogen-bond donors (Lipinski definition) is 2. The number of anilines is 2. The second-order valence-corrected chi connectivity index (χ2v) is 5.89. The van der Waals surface area contributed by atoms with Gasteiger partial charge in [-0.25, -0.2) is 14.2 Å². The van der Waals surface area contributed by atoms with Crippen LogP contribution in [-0.2, 0) is 0 Å². The maximum absolute atomic E-state index is 13.4. The van der Waals surface area contributed by atoms with Crippen molar-refractivity contribution in [2.75, 3.05) is 10.6 Å². The number of aromatic nitrogens is 2. The van der Waals surface area contributed by atoms with E-state index in [0.717, 1.165) is 11.1 Å². The average molecular weight is 352 g/mol. The molecular weight excluding hydrogens is 335 g/mol. The monoisotopic (exact) mass is 352 g/mol. The Hall–Kier alpha value is -3.48. The van der Waals surface area contributed by atoms with E-state index in [9.17, 15) is 14.0 Å². The molecule has 0 spiro atoms. The molecule has 0 atom stereocenters. The SMILES string of the molecule is Cc1cc(C)cc(NC(=O)Nc2nccn(-c3cccc(F)c3)c2=O)c1. The van der Waals surface area contributed by atoms with Crippen LogP contribution in [0.15, 0.2) is 59.7 Å². The molecule has 1 aromatic heterocycles. The largest absolute Gasteiger partial charge is 0.325 e. The first-order valence-corrected chi connectivity index (χ1v) is 7.92. The second-order valence-electron chi connectivity index (χ2n) is 5.89. The van der Waals surface area contributed by atoms with E-state index in [1.165, 1.54) is 35.2 Å². The van der Waals surface area contributed by atoms with E-state index < -0.39 is 17.4 Å². The van der Waals surface area contributed by atoms with E-state index in [1.54, 1.807) is 6.07 Å². The van der Waals surface area contributed by atoms with Crippen molar-refractivity contribution in [2.45, 2.75) is 13.8 Å². The van der Waals surface area contributed by atoms with Crippen LogP contribution in [0.2, 0.25) is 0 Å². The van der Waals surface area contributed by atoms with Gasteiger partial charge in [-0.3, -0.25) is 14.7 Å². The van der Waals surface area contributed by atoms with Crippen LogP contribution in [0, 0.1) is 19.7 Å². The Labute approximate surface area is 149 Å².